The average Bonchev–Trinajstić information content (AvgIpc) is 2.26. The summed E-state index contributed by atoms with van der Waals surface area (Å²) < 4.78 is 9.66. The normalized spacial score (nSPS) is 11.7. The molecule has 1 atom stereocenters. The Labute approximate surface area is 101 Å². The van der Waals surface area contributed by atoms with Gasteiger partial charge in [0.2, 0.25) is 0 Å². The molecular formula is C12H20O5. The second-order valence-electron chi connectivity index (χ2n) is 3.73. The van der Waals surface area contributed by atoms with Crippen molar-refractivity contribution >= 4 is 17.7 Å². The van der Waals surface area contributed by atoms with Gasteiger partial charge in [0.25, 0.3) is 0 Å². The lowest BCUT2D eigenvalue weighted by atomic mass is 10.0. The molecule has 5 heteroatoms. The van der Waals surface area contributed by atoms with Crippen molar-refractivity contribution < 1.29 is 23.9 Å². The van der Waals surface area contributed by atoms with Crippen LogP contribution < -0.4 is 0 Å². The first-order valence-corrected chi connectivity index (χ1v) is 5.85. The Balaban J connectivity index is 4.39. The zero-order chi connectivity index (χ0) is 13.3. The van der Waals surface area contributed by atoms with Crippen LogP contribution in [0.4, 0.5) is 0 Å². The van der Waals surface area contributed by atoms with Gasteiger partial charge in [-0.1, -0.05) is 13.3 Å². The number of ether oxygens (including phenoxy) is 2. The molecule has 0 aromatic rings. The Bertz CT molecular complexity index is 272. The third-order valence-corrected chi connectivity index (χ3v) is 2.09. The van der Waals surface area contributed by atoms with Gasteiger partial charge < -0.3 is 9.47 Å². The van der Waals surface area contributed by atoms with E-state index >= 15 is 0 Å². The third kappa shape index (κ3) is 6.71. The number of rotatable bonds is 8. The van der Waals surface area contributed by atoms with Gasteiger partial charge in [-0.05, 0) is 20.3 Å². The Hall–Kier alpha value is -1.39. The fourth-order valence-corrected chi connectivity index (χ4v) is 1.21. The van der Waals surface area contributed by atoms with Gasteiger partial charge in [-0.3, -0.25) is 14.4 Å². The lowest BCUT2D eigenvalue weighted by Gasteiger charge is -2.13. The molecule has 0 fully saturated rings. The summed E-state index contributed by atoms with van der Waals surface area (Å²) in [6.07, 6.45) is 1.47. The largest absolute Gasteiger partial charge is 0.465 e. The van der Waals surface area contributed by atoms with Crippen LogP contribution >= 0.6 is 0 Å². The van der Waals surface area contributed by atoms with E-state index in [1.165, 1.54) is 6.92 Å². The standard InChI is InChI=1S/C12H20O5/c1-4-6-7-17-12(15)10(8-9(3)13)11(14)16-5-2/h10H,4-8H2,1-3H3. The number of esters is 2. The second kappa shape index (κ2) is 8.73. The summed E-state index contributed by atoms with van der Waals surface area (Å²) >= 11 is 0. The summed E-state index contributed by atoms with van der Waals surface area (Å²) in [6, 6.07) is 0. The predicted octanol–water partition coefficient (Wildman–Crippen LogP) is 1.49. The van der Waals surface area contributed by atoms with Crippen LogP contribution in [0, 0.1) is 5.92 Å². The van der Waals surface area contributed by atoms with Crippen molar-refractivity contribution in [2.75, 3.05) is 13.2 Å². The lowest BCUT2D eigenvalue weighted by molar-refractivity contribution is -0.163. The highest BCUT2D eigenvalue weighted by molar-refractivity contribution is 5.98. The summed E-state index contributed by atoms with van der Waals surface area (Å²) in [4.78, 5) is 34.1. The van der Waals surface area contributed by atoms with Crippen LogP contribution in [0.25, 0.3) is 0 Å². The van der Waals surface area contributed by atoms with Crippen molar-refractivity contribution in [3.63, 3.8) is 0 Å². The molecule has 0 aliphatic rings. The van der Waals surface area contributed by atoms with Crippen LogP contribution in [-0.4, -0.2) is 30.9 Å². The predicted molar refractivity (Wildman–Crippen MR) is 61.3 cm³/mol. The summed E-state index contributed by atoms with van der Waals surface area (Å²) in [5, 5.41) is 0. The molecule has 5 nitrogen and oxygen atoms in total. The van der Waals surface area contributed by atoms with E-state index in [2.05, 4.69) is 0 Å². The van der Waals surface area contributed by atoms with Crippen LogP contribution in [0.3, 0.4) is 0 Å². The van der Waals surface area contributed by atoms with Crippen LogP contribution in [0.15, 0.2) is 0 Å². The van der Waals surface area contributed by atoms with E-state index < -0.39 is 17.9 Å². The first-order chi connectivity index (χ1) is 8.02. The monoisotopic (exact) mass is 244 g/mol. The number of Topliss-reactive ketones (excluding diaryl/α,β-unsaturated/α-hetero) is 1. The Morgan fingerprint density at radius 1 is 1.06 bits per heavy atom. The highest BCUT2D eigenvalue weighted by atomic mass is 16.6. The maximum atomic E-state index is 11.6. The van der Waals surface area contributed by atoms with E-state index in [0.29, 0.717) is 0 Å². The van der Waals surface area contributed by atoms with E-state index in [9.17, 15) is 14.4 Å². The third-order valence-electron chi connectivity index (χ3n) is 2.09. The van der Waals surface area contributed by atoms with Gasteiger partial charge in [0, 0.05) is 6.42 Å². The number of carbonyl (C=O) groups is 3. The van der Waals surface area contributed by atoms with Crippen molar-refractivity contribution in [1.82, 2.24) is 0 Å². The van der Waals surface area contributed by atoms with Crippen LogP contribution in [0.1, 0.15) is 40.0 Å². The van der Waals surface area contributed by atoms with Gasteiger partial charge in [0.15, 0.2) is 5.92 Å². The van der Waals surface area contributed by atoms with Crippen LogP contribution in [-0.2, 0) is 23.9 Å². The fraction of sp³-hybridized carbons (Fsp3) is 0.750. The SMILES string of the molecule is CCCCOC(=O)C(CC(C)=O)C(=O)OCC. The molecule has 0 aliphatic carbocycles. The second-order valence-corrected chi connectivity index (χ2v) is 3.73. The van der Waals surface area contributed by atoms with Crippen LogP contribution in [0.5, 0.6) is 0 Å². The molecule has 0 aromatic heterocycles. The molecule has 98 valence electrons. The van der Waals surface area contributed by atoms with E-state index in [1.807, 2.05) is 6.92 Å². The maximum absolute atomic E-state index is 11.6. The molecule has 0 aromatic carbocycles. The molecule has 0 amide bonds. The van der Waals surface area contributed by atoms with Gasteiger partial charge in [0.05, 0.1) is 13.2 Å². The van der Waals surface area contributed by atoms with Gasteiger partial charge in [-0.2, -0.15) is 0 Å². The van der Waals surface area contributed by atoms with Gasteiger partial charge >= 0.3 is 11.9 Å². The van der Waals surface area contributed by atoms with Gasteiger partial charge in [-0.25, -0.2) is 0 Å². The minimum atomic E-state index is -1.12. The molecule has 0 radical (unpaired) electrons. The summed E-state index contributed by atoms with van der Waals surface area (Å²) in [5.41, 5.74) is 0. The number of hydrogen-bond donors (Lipinski definition) is 0. The van der Waals surface area contributed by atoms with Crippen molar-refractivity contribution in [2.45, 2.75) is 40.0 Å². The molecule has 0 aliphatic heterocycles. The van der Waals surface area contributed by atoms with Gasteiger partial charge in [0.1, 0.15) is 5.78 Å². The topological polar surface area (TPSA) is 69.7 Å². The molecule has 0 N–H and O–H groups in total. The molecule has 0 bridgehead atoms. The highest BCUT2D eigenvalue weighted by Crippen LogP contribution is 2.10. The zero-order valence-corrected chi connectivity index (χ0v) is 10.7. The summed E-state index contributed by atoms with van der Waals surface area (Å²) in [7, 11) is 0. The fourth-order valence-electron chi connectivity index (χ4n) is 1.21. The number of ketones is 1. The molecule has 0 saturated heterocycles. The van der Waals surface area contributed by atoms with E-state index in [4.69, 9.17) is 9.47 Å². The number of carbonyl (C=O) groups excluding carboxylic acids is 3. The van der Waals surface area contributed by atoms with Gasteiger partial charge in [-0.15, -0.1) is 0 Å². The zero-order valence-electron chi connectivity index (χ0n) is 10.7. The first-order valence-electron chi connectivity index (χ1n) is 5.85. The number of unbranched alkanes of at least 4 members (excludes halogenated alkanes) is 1. The van der Waals surface area contributed by atoms with E-state index in [1.54, 1.807) is 6.92 Å². The minimum absolute atomic E-state index is 0.163. The Morgan fingerprint density at radius 3 is 2.12 bits per heavy atom. The molecule has 1 unspecified atom stereocenters. The first kappa shape index (κ1) is 15.6. The van der Waals surface area contributed by atoms with Crippen molar-refractivity contribution in [3.05, 3.63) is 0 Å². The average molecular weight is 244 g/mol. The maximum Gasteiger partial charge on any atom is 0.320 e. The minimum Gasteiger partial charge on any atom is -0.465 e. The van der Waals surface area contributed by atoms with Crippen molar-refractivity contribution in [3.8, 4) is 0 Å². The molecule has 0 rings (SSSR count). The smallest absolute Gasteiger partial charge is 0.320 e. The van der Waals surface area contributed by atoms with Crippen LogP contribution in [0.2, 0.25) is 0 Å². The van der Waals surface area contributed by atoms with Crippen molar-refractivity contribution in [1.29, 1.82) is 0 Å². The molecule has 0 heterocycles. The molecule has 0 saturated carbocycles. The Kier molecular flexibility index (Phi) is 8.01. The molecule has 17 heavy (non-hydrogen) atoms. The quantitative estimate of drug-likeness (QED) is 0.367. The summed E-state index contributed by atoms with van der Waals surface area (Å²) in [5.74, 6) is -2.73. The van der Waals surface area contributed by atoms with E-state index in [0.717, 1.165) is 12.8 Å². The number of hydrogen-bond acceptors (Lipinski definition) is 5. The summed E-state index contributed by atoms with van der Waals surface area (Å²) in [6.45, 7) is 5.38. The lowest BCUT2D eigenvalue weighted by Crippen LogP contribution is -2.30. The van der Waals surface area contributed by atoms with Crippen molar-refractivity contribution in [2.24, 2.45) is 5.92 Å². The van der Waals surface area contributed by atoms with E-state index in [-0.39, 0.29) is 25.4 Å². The highest BCUT2D eigenvalue weighted by Gasteiger charge is 2.30. The molecule has 0 spiro atoms. The Morgan fingerprint density at radius 2 is 1.65 bits per heavy atom. The molecular weight excluding hydrogens is 224 g/mol.